The molecule has 3 heteroatoms. The first-order chi connectivity index (χ1) is 9.74. The average Bonchev–Trinajstić information content (AvgIpc) is 2.86. The van der Waals surface area contributed by atoms with Crippen molar-refractivity contribution in [3.8, 4) is 5.69 Å². The summed E-state index contributed by atoms with van der Waals surface area (Å²) in [5.74, 6) is 0.160. The first kappa shape index (κ1) is 14.5. The summed E-state index contributed by atoms with van der Waals surface area (Å²) in [5, 5.41) is 0. The van der Waals surface area contributed by atoms with Crippen molar-refractivity contribution >= 4 is 5.78 Å². The molecule has 2 aromatic rings. The molecule has 20 heavy (non-hydrogen) atoms. The van der Waals surface area contributed by atoms with Gasteiger partial charge in [-0.3, -0.25) is 4.79 Å². The van der Waals surface area contributed by atoms with Gasteiger partial charge in [-0.15, -0.1) is 0 Å². The monoisotopic (exact) mass is 270 g/mol. The van der Waals surface area contributed by atoms with Crippen LogP contribution in [0.15, 0.2) is 36.7 Å². The van der Waals surface area contributed by atoms with Crippen LogP contribution in [0.4, 0.5) is 0 Å². The molecular weight excluding hydrogens is 248 g/mol. The lowest BCUT2D eigenvalue weighted by Crippen LogP contribution is -2.03. The molecule has 0 aliphatic rings. The molecule has 0 bridgehead atoms. The highest BCUT2D eigenvalue weighted by atomic mass is 16.1. The molecule has 0 atom stereocenters. The molecule has 1 heterocycles. The molecule has 0 aliphatic heterocycles. The molecule has 0 amide bonds. The van der Waals surface area contributed by atoms with E-state index in [1.54, 1.807) is 6.33 Å². The summed E-state index contributed by atoms with van der Waals surface area (Å²) in [6, 6.07) is 9.99. The van der Waals surface area contributed by atoms with E-state index >= 15 is 0 Å². The van der Waals surface area contributed by atoms with Gasteiger partial charge in [0.15, 0.2) is 5.78 Å². The fourth-order valence-corrected chi connectivity index (χ4v) is 2.36. The third-order valence-corrected chi connectivity index (χ3v) is 3.56. The molecule has 0 fully saturated rings. The molecule has 0 spiro atoms. The first-order valence-corrected chi connectivity index (χ1v) is 7.36. The van der Waals surface area contributed by atoms with Gasteiger partial charge in [0.1, 0.15) is 12.0 Å². The van der Waals surface area contributed by atoms with E-state index in [1.165, 1.54) is 12.8 Å². The summed E-state index contributed by atoms with van der Waals surface area (Å²) >= 11 is 0. The number of para-hydroxylation sites is 1. The van der Waals surface area contributed by atoms with Crippen LogP contribution in [0.3, 0.4) is 0 Å². The van der Waals surface area contributed by atoms with Crippen molar-refractivity contribution in [2.24, 2.45) is 0 Å². The highest BCUT2D eigenvalue weighted by Crippen LogP contribution is 2.16. The van der Waals surface area contributed by atoms with Gasteiger partial charge in [-0.2, -0.15) is 0 Å². The van der Waals surface area contributed by atoms with E-state index in [-0.39, 0.29) is 5.78 Å². The number of unbranched alkanes of at least 4 members (excludes halogenated alkanes) is 3. The topological polar surface area (TPSA) is 34.9 Å². The van der Waals surface area contributed by atoms with Crippen LogP contribution in [0.5, 0.6) is 0 Å². The second-order valence-electron chi connectivity index (χ2n) is 5.12. The Hall–Kier alpha value is -1.90. The van der Waals surface area contributed by atoms with Crippen molar-refractivity contribution in [1.29, 1.82) is 0 Å². The van der Waals surface area contributed by atoms with Crippen molar-refractivity contribution in [1.82, 2.24) is 9.55 Å². The Labute approximate surface area is 120 Å². The number of aromatic nitrogens is 2. The fraction of sp³-hybridized carbons (Fsp3) is 0.412. The largest absolute Gasteiger partial charge is 0.303 e. The van der Waals surface area contributed by atoms with Crippen LogP contribution in [0.1, 0.15) is 55.2 Å². The lowest BCUT2D eigenvalue weighted by Gasteiger charge is -2.05. The molecule has 1 aromatic heterocycles. The molecule has 0 radical (unpaired) electrons. The van der Waals surface area contributed by atoms with Crippen LogP contribution in [0.25, 0.3) is 5.69 Å². The number of rotatable bonds is 7. The number of benzene rings is 1. The van der Waals surface area contributed by atoms with E-state index in [0.717, 1.165) is 24.2 Å². The van der Waals surface area contributed by atoms with E-state index in [4.69, 9.17) is 0 Å². The highest BCUT2D eigenvalue weighted by molar-refractivity contribution is 5.95. The molecule has 0 N–H and O–H groups in total. The lowest BCUT2D eigenvalue weighted by atomic mass is 10.1. The minimum atomic E-state index is 0.160. The van der Waals surface area contributed by atoms with Crippen LogP contribution < -0.4 is 0 Å². The van der Waals surface area contributed by atoms with E-state index in [9.17, 15) is 4.79 Å². The molecule has 2 rings (SSSR count). The van der Waals surface area contributed by atoms with Crippen LogP contribution in [0, 0.1) is 6.92 Å². The third kappa shape index (κ3) is 3.35. The van der Waals surface area contributed by atoms with Gasteiger partial charge in [-0.1, -0.05) is 44.4 Å². The number of hydrogen-bond donors (Lipinski definition) is 0. The molecule has 3 nitrogen and oxygen atoms in total. The summed E-state index contributed by atoms with van der Waals surface area (Å²) < 4.78 is 1.97. The third-order valence-electron chi connectivity index (χ3n) is 3.56. The van der Waals surface area contributed by atoms with E-state index < -0.39 is 0 Å². The second-order valence-corrected chi connectivity index (χ2v) is 5.12. The number of ketones is 1. The number of carbonyl (C=O) groups is 1. The van der Waals surface area contributed by atoms with Gasteiger partial charge >= 0.3 is 0 Å². The van der Waals surface area contributed by atoms with Crippen molar-refractivity contribution in [3.63, 3.8) is 0 Å². The molecule has 0 aliphatic carbocycles. The van der Waals surface area contributed by atoms with Crippen LogP contribution in [0.2, 0.25) is 0 Å². The van der Waals surface area contributed by atoms with Crippen LogP contribution in [-0.4, -0.2) is 15.3 Å². The van der Waals surface area contributed by atoms with E-state index in [2.05, 4.69) is 11.9 Å². The van der Waals surface area contributed by atoms with Crippen molar-refractivity contribution in [2.45, 2.75) is 46.0 Å². The van der Waals surface area contributed by atoms with Gasteiger partial charge in [0.2, 0.25) is 0 Å². The zero-order valence-electron chi connectivity index (χ0n) is 12.3. The number of nitrogens with zero attached hydrogens (tertiary/aromatic N) is 2. The fourth-order valence-electron chi connectivity index (χ4n) is 2.36. The highest BCUT2D eigenvalue weighted by Gasteiger charge is 2.14. The zero-order chi connectivity index (χ0) is 14.4. The smallest absolute Gasteiger partial charge is 0.183 e. The van der Waals surface area contributed by atoms with Crippen LogP contribution >= 0.6 is 0 Å². The maximum Gasteiger partial charge on any atom is 0.183 e. The van der Waals surface area contributed by atoms with Gasteiger partial charge in [0.05, 0.1) is 5.69 Å². The Morgan fingerprint density at radius 2 is 1.90 bits per heavy atom. The maximum atomic E-state index is 12.2. The average molecular weight is 270 g/mol. The summed E-state index contributed by atoms with van der Waals surface area (Å²) in [4.78, 5) is 16.5. The predicted octanol–water partition coefficient (Wildman–Crippen LogP) is 4.33. The molecular formula is C17H22N2O. The minimum Gasteiger partial charge on any atom is -0.303 e. The second kappa shape index (κ2) is 7.04. The summed E-state index contributed by atoms with van der Waals surface area (Å²) in [6.45, 7) is 4.13. The van der Waals surface area contributed by atoms with Gasteiger partial charge in [-0.05, 0) is 25.5 Å². The van der Waals surface area contributed by atoms with Crippen LogP contribution in [-0.2, 0) is 0 Å². The molecule has 0 saturated heterocycles. The Morgan fingerprint density at radius 1 is 1.15 bits per heavy atom. The van der Waals surface area contributed by atoms with Gasteiger partial charge < -0.3 is 4.57 Å². The normalized spacial score (nSPS) is 10.7. The number of hydrogen-bond acceptors (Lipinski definition) is 2. The minimum absolute atomic E-state index is 0.160. The molecule has 106 valence electrons. The van der Waals surface area contributed by atoms with Crippen molar-refractivity contribution in [2.75, 3.05) is 0 Å². The molecule has 1 aromatic carbocycles. The SMILES string of the molecule is CCCCCCC(=O)c1ncn(-c2ccccc2)c1C. The van der Waals surface area contributed by atoms with Gasteiger partial charge in [0, 0.05) is 12.1 Å². The zero-order valence-corrected chi connectivity index (χ0v) is 12.3. The number of carbonyl (C=O) groups excluding carboxylic acids is 1. The standard InChI is InChI=1S/C17H22N2O/c1-3-4-5-9-12-16(20)17-14(2)19(13-18-17)15-10-7-6-8-11-15/h6-8,10-11,13H,3-5,9,12H2,1-2H3. The van der Waals surface area contributed by atoms with Crippen molar-refractivity contribution < 1.29 is 4.79 Å². The summed E-state index contributed by atoms with van der Waals surface area (Å²) in [7, 11) is 0. The summed E-state index contributed by atoms with van der Waals surface area (Å²) in [6.07, 6.45) is 6.82. The Kier molecular flexibility index (Phi) is 5.10. The Morgan fingerprint density at radius 3 is 2.60 bits per heavy atom. The first-order valence-electron chi connectivity index (χ1n) is 7.36. The Bertz CT molecular complexity index is 558. The Balaban J connectivity index is 2.07. The lowest BCUT2D eigenvalue weighted by molar-refractivity contribution is 0.0974. The van der Waals surface area contributed by atoms with E-state index in [1.807, 2.05) is 41.8 Å². The quantitative estimate of drug-likeness (QED) is 0.554. The predicted molar refractivity (Wildman–Crippen MR) is 81.4 cm³/mol. The molecule has 0 saturated carbocycles. The number of Topliss-reactive ketones (excluding diaryl/α,β-unsaturated/α-hetero) is 1. The maximum absolute atomic E-state index is 12.2. The molecule has 0 unspecified atom stereocenters. The summed E-state index contributed by atoms with van der Waals surface area (Å²) in [5.41, 5.74) is 2.59. The number of imidazole rings is 1. The van der Waals surface area contributed by atoms with Gasteiger partial charge in [-0.25, -0.2) is 4.98 Å². The van der Waals surface area contributed by atoms with Crippen molar-refractivity contribution in [3.05, 3.63) is 48.0 Å². The van der Waals surface area contributed by atoms with E-state index in [0.29, 0.717) is 12.1 Å². The van der Waals surface area contributed by atoms with Gasteiger partial charge in [0.25, 0.3) is 0 Å².